The predicted octanol–water partition coefficient (Wildman–Crippen LogP) is 2.51. The summed E-state index contributed by atoms with van der Waals surface area (Å²) in [5, 5.41) is 10.0. The van der Waals surface area contributed by atoms with Crippen LogP contribution in [-0.4, -0.2) is 17.9 Å². The number of aryl methyl sites for hydroxylation is 1. The van der Waals surface area contributed by atoms with Crippen LogP contribution in [0.25, 0.3) is 0 Å². The van der Waals surface area contributed by atoms with E-state index in [-0.39, 0.29) is 17.8 Å². The van der Waals surface area contributed by atoms with Gasteiger partial charge in [0, 0.05) is 6.42 Å². The SMILES string of the molecule is Cc1cccc(C(=O)Cc2ccc3c(c2)B(O)OC3(C)C)c1F. The second kappa shape index (κ2) is 5.58. The lowest BCUT2D eigenvalue weighted by atomic mass is 9.77. The highest BCUT2D eigenvalue weighted by atomic mass is 19.1. The largest absolute Gasteiger partial charge is 0.492 e. The molecule has 0 saturated carbocycles. The summed E-state index contributed by atoms with van der Waals surface area (Å²) in [5.74, 6) is -0.748. The Kier molecular flexibility index (Phi) is 3.86. The lowest BCUT2D eigenvalue weighted by molar-refractivity contribution is 0.0987. The van der Waals surface area contributed by atoms with Gasteiger partial charge in [0.2, 0.25) is 0 Å². The van der Waals surface area contributed by atoms with Gasteiger partial charge < -0.3 is 9.68 Å². The zero-order chi connectivity index (χ0) is 16.8. The van der Waals surface area contributed by atoms with Crippen LogP contribution in [0.2, 0.25) is 0 Å². The third kappa shape index (κ3) is 2.82. The van der Waals surface area contributed by atoms with Crippen molar-refractivity contribution < 1.29 is 18.9 Å². The van der Waals surface area contributed by atoms with Gasteiger partial charge in [-0.2, -0.15) is 0 Å². The number of carbonyl (C=O) groups is 1. The zero-order valence-corrected chi connectivity index (χ0v) is 13.4. The number of hydrogen-bond acceptors (Lipinski definition) is 3. The quantitative estimate of drug-likeness (QED) is 0.700. The first kappa shape index (κ1) is 15.9. The van der Waals surface area contributed by atoms with Crippen LogP contribution in [0.4, 0.5) is 4.39 Å². The molecule has 1 aliphatic heterocycles. The first-order chi connectivity index (χ1) is 10.8. The molecule has 0 amide bonds. The smallest absolute Gasteiger partial charge is 0.423 e. The molecular formula is C18H18BFO3. The summed E-state index contributed by atoms with van der Waals surface area (Å²) in [5.41, 5.74) is 2.31. The standard InChI is InChI=1S/C18H18BFO3/c1-11-5-4-6-13(17(11)20)16(21)10-12-7-8-14-15(9-12)19(22)23-18(14,2)3/h4-9,22H,10H2,1-3H3. The molecule has 0 saturated heterocycles. The Morgan fingerprint density at radius 3 is 2.78 bits per heavy atom. The molecule has 2 aromatic carbocycles. The van der Waals surface area contributed by atoms with E-state index in [1.807, 2.05) is 26.0 Å². The van der Waals surface area contributed by atoms with Gasteiger partial charge in [0.1, 0.15) is 5.82 Å². The number of halogens is 1. The molecule has 0 bridgehead atoms. The minimum atomic E-state index is -0.995. The van der Waals surface area contributed by atoms with Crippen LogP contribution in [0.15, 0.2) is 36.4 Å². The van der Waals surface area contributed by atoms with Crippen LogP contribution in [0.3, 0.4) is 0 Å². The van der Waals surface area contributed by atoms with Gasteiger partial charge in [0.25, 0.3) is 0 Å². The number of benzene rings is 2. The Balaban J connectivity index is 1.89. The molecule has 3 rings (SSSR count). The second-order valence-electron chi connectivity index (χ2n) is 6.44. The van der Waals surface area contributed by atoms with Crippen molar-refractivity contribution in [3.63, 3.8) is 0 Å². The predicted molar refractivity (Wildman–Crippen MR) is 87.3 cm³/mol. The van der Waals surface area contributed by atoms with E-state index >= 15 is 0 Å². The molecule has 118 valence electrons. The minimum Gasteiger partial charge on any atom is -0.423 e. The van der Waals surface area contributed by atoms with Crippen LogP contribution in [0.1, 0.15) is 40.9 Å². The lowest BCUT2D eigenvalue weighted by Gasteiger charge is -2.19. The molecule has 5 heteroatoms. The fourth-order valence-electron chi connectivity index (χ4n) is 3.02. The van der Waals surface area contributed by atoms with Gasteiger partial charge in [0.15, 0.2) is 5.78 Å². The average Bonchev–Trinajstić information content (AvgIpc) is 2.71. The molecule has 0 aliphatic carbocycles. The Morgan fingerprint density at radius 1 is 1.30 bits per heavy atom. The summed E-state index contributed by atoms with van der Waals surface area (Å²) in [4.78, 5) is 12.4. The van der Waals surface area contributed by atoms with Gasteiger partial charge >= 0.3 is 7.12 Å². The molecule has 0 radical (unpaired) electrons. The van der Waals surface area contributed by atoms with E-state index in [4.69, 9.17) is 4.65 Å². The molecule has 0 fully saturated rings. The van der Waals surface area contributed by atoms with Gasteiger partial charge in [-0.3, -0.25) is 4.79 Å². The van der Waals surface area contributed by atoms with Crippen LogP contribution < -0.4 is 5.46 Å². The number of hydrogen-bond donors (Lipinski definition) is 1. The van der Waals surface area contributed by atoms with Crippen LogP contribution in [-0.2, 0) is 16.7 Å². The highest BCUT2D eigenvalue weighted by Crippen LogP contribution is 2.30. The van der Waals surface area contributed by atoms with Crippen LogP contribution in [0.5, 0.6) is 0 Å². The Labute approximate surface area is 135 Å². The fraction of sp³-hybridized carbons (Fsp3) is 0.278. The number of rotatable bonds is 3. The normalized spacial score (nSPS) is 15.6. The molecule has 1 N–H and O–H groups in total. The highest BCUT2D eigenvalue weighted by molar-refractivity contribution is 6.62. The summed E-state index contributed by atoms with van der Waals surface area (Å²) >= 11 is 0. The van der Waals surface area contributed by atoms with Crippen molar-refractivity contribution in [1.29, 1.82) is 0 Å². The number of carbonyl (C=O) groups excluding carboxylic acids is 1. The monoisotopic (exact) mass is 312 g/mol. The van der Waals surface area contributed by atoms with Gasteiger partial charge in [-0.15, -0.1) is 0 Å². The first-order valence-corrected chi connectivity index (χ1v) is 7.57. The van der Waals surface area contributed by atoms with Crippen molar-refractivity contribution in [2.75, 3.05) is 0 Å². The number of ketones is 1. The van der Waals surface area contributed by atoms with Gasteiger partial charge in [-0.25, -0.2) is 4.39 Å². The number of fused-ring (bicyclic) bond motifs is 1. The second-order valence-corrected chi connectivity index (χ2v) is 6.44. The lowest BCUT2D eigenvalue weighted by Crippen LogP contribution is -2.29. The van der Waals surface area contributed by atoms with E-state index in [1.165, 1.54) is 6.07 Å². The van der Waals surface area contributed by atoms with Crippen molar-refractivity contribution in [3.05, 3.63) is 64.5 Å². The van der Waals surface area contributed by atoms with E-state index in [1.54, 1.807) is 25.1 Å². The summed E-state index contributed by atoms with van der Waals surface area (Å²) in [6.07, 6.45) is 0.0841. The molecule has 3 nitrogen and oxygen atoms in total. The molecule has 1 heterocycles. The third-order valence-corrected chi connectivity index (χ3v) is 4.29. The third-order valence-electron chi connectivity index (χ3n) is 4.29. The van der Waals surface area contributed by atoms with Gasteiger partial charge in [-0.1, -0.05) is 30.3 Å². The maximum atomic E-state index is 14.1. The van der Waals surface area contributed by atoms with Crippen molar-refractivity contribution in [1.82, 2.24) is 0 Å². The topological polar surface area (TPSA) is 46.5 Å². The fourth-order valence-corrected chi connectivity index (χ4v) is 3.02. The maximum absolute atomic E-state index is 14.1. The summed E-state index contributed by atoms with van der Waals surface area (Å²) < 4.78 is 19.6. The molecule has 2 aromatic rings. The molecule has 0 atom stereocenters. The minimum absolute atomic E-state index is 0.0841. The maximum Gasteiger partial charge on any atom is 0.492 e. The summed E-state index contributed by atoms with van der Waals surface area (Å²) in [7, 11) is -0.995. The van der Waals surface area contributed by atoms with Crippen molar-refractivity contribution >= 4 is 18.4 Å². The zero-order valence-electron chi connectivity index (χ0n) is 13.4. The van der Waals surface area contributed by atoms with Crippen molar-refractivity contribution in [3.8, 4) is 0 Å². The Bertz CT molecular complexity index is 786. The molecule has 1 aliphatic rings. The van der Waals surface area contributed by atoms with Gasteiger partial charge in [0.05, 0.1) is 11.2 Å². The van der Waals surface area contributed by atoms with Crippen molar-refractivity contribution in [2.45, 2.75) is 32.8 Å². The molecule has 0 unspecified atom stereocenters. The van der Waals surface area contributed by atoms with E-state index < -0.39 is 18.5 Å². The Morgan fingerprint density at radius 2 is 2.04 bits per heavy atom. The molecule has 0 spiro atoms. The van der Waals surface area contributed by atoms with E-state index in [2.05, 4.69) is 0 Å². The van der Waals surface area contributed by atoms with E-state index in [0.29, 0.717) is 11.0 Å². The summed E-state index contributed by atoms with van der Waals surface area (Å²) in [6.45, 7) is 5.40. The first-order valence-electron chi connectivity index (χ1n) is 7.57. The van der Waals surface area contributed by atoms with Gasteiger partial charge in [-0.05, 0) is 49.0 Å². The van der Waals surface area contributed by atoms with E-state index in [0.717, 1.165) is 11.1 Å². The molecular weight excluding hydrogens is 294 g/mol. The average molecular weight is 312 g/mol. The highest BCUT2D eigenvalue weighted by Gasteiger charge is 2.40. The van der Waals surface area contributed by atoms with Crippen molar-refractivity contribution in [2.24, 2.45) is 0 Å². The summed E-state index contributed by atoms with van der Waals surface area (Å²) in [6, 6.07) is 10.3. The molecule has 0 aromatic heterocycles. The molecule has 23 heavy (non-hydrogen) atoms. The van der Waals surface area contributed by atoms with Crippen LogP contribution in [0, 0.1) is 12.7 Å². The van der Waals surface area contributed by atoms with E-state index in [9.17, 15) is 14.2 Å². The number of Topliss-reactive ketones (excluding diaryl/α,β-unsaturated/α-hetero) is 1. The Hall–Kier alpha value is -1.98. The van der Waals surface area contributed by atoms with Crippen LogP contribution >= 0.6 is 0 Å².